The van der Waals surface area contributed by atoms with Gasteiger partial charge in [-0.25, -0.2) is 13.6 Å². The standard InChI is InChI=1S/C22H20F2O3/c1-14-12-18-10-9-17(21(24)20(18)22(25)27-14)8-7-16-6-5-15(13-19(16)23)4-3-11-26-2/h3-6,9-10,12-13H,7-8,11H2,1-2H3/b4-3+. The predicted octanol–water partition coefficient (Wildman–Crippen LogP) is 4.82. The molecular weight excluding hydrogens is 350 g/mol. The van der Waals surface area contributed by atoms with Crippen molar-refractivity contribution in [3.05, 3.63) is 87.0 Å². The van der Waals surface area contributed by atoms with Crippen LogP contribution in [-0.4, -0.2) is 13.7 Å². The van der Waals surface area contributed by atoms with Gasteiger partial charge in [0.25, 0.3) is 0 Å². The van der Waals surface area contributed by atoms with Gasteiger partial charge in [0.15, 0.2) is 0 Å². The number of methoxy groups -OCH3 is 1. The molecule has 0 aliphatic carbocycles. The van der Waals surface area contributed by atoms with Crippen molar-refractivity contribution in [2.24, 2.45) is 0 Å². The fourth-order valence-electron chi connectivity index (χ4n) is 3.02. The van der Waals surface area contributed by atoms with Crippen molar-refractivity contribution in [3.63, 3.8) is 0 Å². The van der Waals surface area contributed by atoms with Crippen LogP contribution in [0.4, 0.5) is 8.78 Å². The van der Waals surface area contributed by atoms with Gasteiger partial charge >= 0.3 is 5.63 Å². The molecule has 0 bridgehead atoms. The number of fused-ring (bicyclic) bond motifs is 1. The van der Waals surface area contributed by atoms with E-state index in [-0.39, 0.29) is 17.6 Å². The normalized spacial score (nSPS) is 11.6. The minimum atomic E-state index is -0.692. The number of benzene rings is 2. The van der Waals surface area contributed by atoms with E-state index < -0.39 is 11.4 Å². The monoisotopic (exact) mass is 370 g/mol. The van der Waals surface area contributed by atoms with Crippen molar-refractivity contribution in [1.29, 1.82) is 0 Å². The number of hydrogen-bond donors (Lipinski definition) is 0. The Hall–Kier alpha value is -2.79. The molecule has 27 heavy (non-hydrogen) atoms. The molecule has 0 aliphatic heterocycles. The van der Waals surface area contributed by atoms with Crippen molar-refractivity contribution in [1.82, 2.24) is 0 Å². The van der Waals surface area contributed by atoms with E-state index in [4.69, 9.17) is 9.15 Å². The van der Waals surface area contributed by atoms with Crippen LogP contribution in [0.2, 0.25) is 0 Å². The van der Waals surface area contributed by atoms with Crippen LogP contribution in [0.25, 0.3) is 16.8 Å². The first-order valence-electron chi connectivity index (χ1n) is 8.65. The smallest absolute Gasteiger partial charge is 0.346 e. The van der Waals surface area contributed by atoms with Gasteiger partial charge in [0, 0.05) is 7.11 Å². The summed E-state index contributed by atoms with van der Waals surface area (Å²) in [6, 6.07) is 9.89. The molecule has 0 saturated carbocycles. The zero-order chi connectivity index (χ0) is 19.4. The topological polar surface area (TPSA) is 39.4 Å². The SMILES string of the molecule is COC/C=C/c1ccc(CCc2ccc3cc(C)oc(=O)c3c2F)c(F)c1. The van der Waals surface area contributed by atoms with Gasteiger partial charge in [0.1, 0.15) is 22.8 Å². The lowest BCUT2D eigenvalue weighted by Gasteiger charge is -2.08. The van der Waals surface area contributed by atoms with Crippen LogP contribution in [0.5, 0.6) is 0 Å². The van der Waals surface area contributed by atoms with Gasteiger partial charge < -0.3 is 9.15 Å². The Morgan fingerprint density at radius 3 is 2.56 bits per heavy atom. The molecular formula is C22H20F2O3. The van der Waals surface area contributed by atoms with Crippen molar-refractivity contribution >= 4 is 16.8 Å². The zero-order valence-electron chi connectivity index (χ0n) is 15.2. The van der Waals surface area contributed by atoms with E-state index in [9.17, 15) is 13.6 Å². The van der Waals surface area contributed by atoms with Crippen molar-refractivity contribution < 1.29 is 17.9 Å². The summed E-state index contributed by atoms with van der Waals surface area (Å²) < 4.78 is 38.9. The van der Waals surface area contributed by atoms with Crippen molar-refractivity contribution in [3.8, 4) is 0 Å². The summed E-state index contributed by atoms with van der Waals surface area (Å²) in [4.78, 5) is 12.0. The second kappa shape index (κ2) is 8.27. The summed E-state index contributed by atoms with van der Waals surface area (Å²) >= 11 is 0. The van der Waals surface area contributed by atoms with Gasteiger partial charge in [0.2, 0.25) is 0 Å². The van der Waals surface area contributed by atoms with Crippen LogP contribution in [0.15, 0.2) is 51.7 Å². The first-order chi connectivity index (χ1) is 13.0. The number of aryl methyl sites for hydroxylation is 3. The third kappa shape index (κ3) is 4.31. The second-order valence-electron chi connectivity index (χ2n) is 6.36. The molecule has 0 fully saturated rings. The molecule has 1 heterocycles. The van der Waals surface area contributed by atoms with E-state index >= 15 is 0 Å². The molecule has 3 rings (SSSR count). The highest BCUT2D eigenvalue weighted by molar-refractivity contribution is 5.82. The Morgan fingerprint density at radius 1 is 1.07 bits per heavy atom. The van der Waals surface area contributed by atoms with E-state index in [2.05, 4.69) is 0 Å². The van der Waals surface area contributed by atoms with Gasteiger partial charge in [-0.05, 0) is 54.0 Å². The molecule has 1 aromatic heterocycles. The lowest BCUT2D eigenvalue weighted by atomic mass is 10.00. The summed E-state index contributed by atoms with van der Waals surface area (Å²) in [6.07, 6.45) is 4.19. The molecule has 140 valence electrons. The first kappa shape index (κ1) is 19.0. The Balaban J connectivity index is 1.81. The fraction of sp³-hybridized carbons (Fsp3) is 0.227. The molecule has 5 heteroatoms. The molecule has 0 N–H and O–H groups in total. The maximum absolute atomic E-state index is 14.7. The largest absolute Gasteiger partial charge is 0.428 e. The number of hydrogen-bond acceptors (Lipinski definition) is 3. The average molecular weight is 370 g/mol. The number of ether oxygens (including phenoxy) is 1. The molecule has 3 nitrogen and oxygen atoms in total. The first-order valence-corrected chi connectivity index (χ1v) is 8.65. The lowest BCUT2D eigenvalue weighted by molar-refractivity contribution is 0.234. The highest BCUT2D eigenvalue weighted by Gasteiger charge is 2.13. The van der Waals surface area contributed by atoms with Crippen LogP contribution >= 0.6 is 0 Å². The molecule has 2 aromatic carbocycles. The van der Waals surface area contributed by atoms with Gasteiger partial charge in [-0.15, -0.1) is 0 Å². The highest BCUT2D eigenvalue weighted by atomic mass is 19.1. The Labute approximate surface area is 155 Å². The van der Waals surface area contributed by atoms with E-state index in [0.717, 1.165) is 5.56 Å². The second-order valence-corrected chi connectivity index (χ2v) is 6.36. The number of rotatable bonds is 6. The van der Waals surface area contributed by atoms with Crippen LogP contribution in [0.3, 0.4) is 0 Å². The van der Waals surface area contributed by atoms with E-state index in [1.807, 2.05) is 0 Å². The minimum Gasteiger partial charge on any atom is -0.428 e. The zero-order valence-corrected chi connectivity index (χ0v) is 15.2. The van der Waals surface area contributed by atoms with Crippen molar-refractivity contribution in [2.45, 2.75) is 19.8 Å². The highest BCUT2D eigenvalue weighted by Crippen LogP contribution is 2.21. The van der Waals surface area contributed by atoms with Crippen LogP contribution in [0.1, 0.15) is 22.5 Å². The summed E-state index contributed by atoms with van der Waals surface area (Å²) in [7, 11) is 1.59. The lowest BCUT2D eigenvalue weighted by Crippen LogP contribution is -2.06. The van der Waals surface area contributed by atoms with Crippen LogP contribution < -0.4 is 5.63 Å². The summed E-state index contributed by atoms with van der Waals surface area (Å²) in [5, 5.41) is 0.445. The summed E-state index contributed by atoms with van der Waals surface area (Å²) in [5.41, 5.74) is 0.900. The van der Waals surface area contributed by atoms with Gasteiger partial charge in [-0.2, -0.15) is 0 Å². The molecule has 0 unspecified atom stereocenters. The molecule has 3 aromatic rings. The number of halogens is 2. The van der Waals surface area contributed by atoms with Crippen LogP contribution in [0, 0.1) is 18.6 Å². The van der Waals surface area contributed by atoms with E-state index in [1.54, 1.807) is 56.5 Å². The Kier molecular flexibility index (Phi) is 5.81. The Morgan fingerprint density at radius 2 is 1.81 bits per heavy atom. The molecule has 0 atom stereocenters. The summed E-state index contributed by atoms with van der Waals surface area (Å²) in [5.74, 6) is -0.506. The molecule has 0 spiro atoms. The molecule has 0 aliphatic rings. The Bertz CT molecular complexity index is 1050. The average Bonchev–Trinajstić information content (AvgIpc) is 2.62. The van der Waals surface area contributed by atoms with Crippen molar-refractivity contribution in [2.75, 3.05) is 13.7 Å². The van der Waals surface area contributed by atoms with E-state index in [1.165, 1.54) is 6.07 Å². The van der Waals surface area contributed by atoms with E-state index in [0.29, 0.717) is 35.3 Å². The fourth-order valence-corrected chi connectivity index (χ4v) is 3.02. The van der Waals surface area contributed by atoms with Gasteiger partial charge in [0.05, 0.1) is 6.61 Å². The predicted molar refractivity (Wildman–Crippen MR) is 102 cm³/mol. The van der Waals surface area contributed by atoms with Gasteiger partial charge in [-0.1, -0.05) is 36.4 Å². The molecule has 0 saturated heterocycles. The van der Waals surface area contributed by atoms with Crippen LogP contribution in [-0.2, 0) is 17.6 Å². The minimum absolute atomic E-state index is 0.0581. The quantitative estimate of drug-likeness (QED) is 0.624. The maximum Gasteiger partial charge on any atom is 0.346 e. The third-order valence-corrected chi connectivity index (χ3v) is 4.38. The molecule has 0 radical (unpaired) electrons. The third-order valence-electron chi connectivity index (χ3n) is 4.38. The maximum atomic E-state index is 14.7. The van der Waals surface area contributed by atoms with Gasteiger partial charge in [-0.3, -0.25) is 0 Å². The molecule has 0 amide bonds. The summed E-state index contributed by atoms with van der Waals surface area (Å²) in [6.45, 7) is 2.10.